The van der Waals surface area contributed by atoms with Gasteiger partial charge in [-0.1, -0.05) is 30.3 Å². The number of benzene rings is 2. The van der Waals surface area contributed by atoms with Crippen molar-refractivity contribution >= 4 is 23.6 Å². The summed E-state index contributed by atoms with van der Waals surface area (Å²) < 4.78 is 5.76. The average molecular weight is 427 g/mol. The Labute approximate surface area is 185 Å². The normalized spacial score (nSPS) is 14.2. The Morgan fingerprint density at radius 2 is 1.62 bits per heavy atom. The summed E-state index contributed by atoms with van der Waals surface area (Å²) in [5.74, 6) is -0.407. The number of carbonyl (C=O) groups excluding carboxylic acids is 1. The lowest BCUT2D eigenvalue weighted by atomic mass is 10.1. The zero-order chi connectivity index (χ0) is 22.5. The molecule has 0 atom stereocenters. The molecule has 1 fully saturated rings. The van der Waals surface area contributed by atoms with Crippen molar-refractivity contribution < 1.29 is 19.1 Å². The smallest absolute Gasteiger partial charge is 0.335 e. The Balaban J connectivity index is 1.44. The van der Waals surface area contributed by atoms with Gasteiger partial charge in [0.1, 0.15) is 23.2 Å². The first-order valence-corrected chi connectivity index (χ1v) is 10.2. The Morgan fingerprint density at radius 1 is 0.938 bits per heavy atom. The highest BCUT2D eigenvalue weighted by Crippen LogP contribution is 2.24. The van der Waals surface area contributed by atoms with E-state index in [4.69, 9.17) is 9.52 Å². The van der Waals surface area contributed by atoms with Gasteiger partial charge in [0.05, 0.1) is 5.56 Å². The van der Waals surface area contributed by atoms with Crippen molar-refractivity contribution in [1.29, 1.82) is 5.26 Å². The number of hydrogen-bond acceptors (Lipinski definition) is 5. The minimum Gasteiger partial charge on any atom is -0.478 e. The van der Waals surface area contributed by atoms with Gasteiger partial charge in [0.15, 0.2) is 0 Å². The molecule has 2 aromatic carbocycles. The van der Waals surface area contributed by atoms with E-state index in [1.807, 2.05) is 36.4 Å². The fourth-order valence-electron chi connectivity index (χ4n) is 3.62. The van der Waals surface area contributed by atoms with Crippen molar-refractivity contribution in [3.63, 3.8) is 0 Å². The minimum absolute atomic E-state index is 0.0142. The van der Waals surface area contributed by atoms with Gasteiger partial charge in [-0.15, -0.1) is 0 Å². The number of carboxylic acids is 1. The van der Waals surface area contributed by atoms with Crippen molar-refractivity contribution in [3.8, 4) is 17.4 Å². The zero-order valence-electron chi connectivity index (χ0n) is 17.3. The van der Waals surface area contributed by atoms with Crippen LogP contribution in [-0.2, 0) is 4.79 Å². The van der Waals surface area contributed by atoms with E-state index >= 15 is 0 Å². The van der Waals surface area contributed by atoms with Crippen molar-refractivity contribution in [1.82, 2.24) is 4.90 Å². The Hall–Kier alpha value is -4.31. The monoisotopic (exact) mass is 427 g/mol. The van der Waals surface area contributed by atoms with Crippen LogP contribution in [0.25, 0.3) is 17.4 Å². The number of anilines is 1. The molecule has 7 heteroatoms. The van der Waals surface area contributed by atoms with Gasteiger partial charge >= 0.3 is 5.97 Å². The summed E-state index contributed by atoms with van der Waals surface area (Å²) in [6.07, 6.45) is 1.45. The Bertz CT molecular complexity index is 1180. The van der Waals surface area contributed by atoms with Crippen molar-refractivity contribution in [2.75, 3.05) is 31.1 Å². The van der Waals surface area contributed by atoms with Gasteiger partial charge in [0, 0.05) is 43.5 Å². The second kappa shape index (κ2) is 9.23. The molecule has 1 aromatic heterocycles. The molecule has 1 aliphatic rings. The average Bonchev–Trinajstić information content (AvgIpc) is 3.31. The predicted octanol–water partition coefficient (Wildman–Crippen LogP) is 3.90. The van der Waals surface area contributed by atoms with Crippen LogP contribution >= 0.6 is 0 Å². The van der Waals surface area contributed by atoms with Gasteiger partial charge in [-0.05, 0) is 36.4 Å². The summed E-state index contributed by atoms with van der Waals surface area (Å²) in [5, 5.41) is 18.6. The molecule has 1 N–H and O–H groups in total. The molecule has 0 unspecified atom stereocenters. The Morgan fingerprint density at radius 3 is 2.25 bits per heavy atom. The van der Waals surface area contributed by atoms with Gasteiger partial charge in [0.25, 0.3) is 5.91 Å². The topological polar surface area (TPSA) is 97.8 Å². The van der Waals surface area contributed by atoms with E-state index in [2.05, 4.69) is 4.90 Å². The third kappa shape index (κ3) is 4.55. The summed E-state index contributed by atoms with van der Waals surface area (Å²) >= 11 is 0. The first-order chi connectivity index (χ1) is 15.5. The molecule has 160 valence electrons. The molecule has 3 aromatic rings. The highest BCUT2D eigenvalue weighted by Gasteiger charge is 2.24. The molecule has 32 heavy (non-hydrogen) atoms. The quantitative estimate of drug-likeness (QED) is 0.490. The van der Waals surface area contributed by atoms with Crippen LogP contribution in [-0.4, -0.2) is 48.1 Å². The molecular weight excluding hydrogens is 406 g/mol. The van der Waals surface area contributed by atoms with Gasteiger partial charge in [-0.2, -0.15) is 5.26 Å². The van der Waals surface area contributed by atoms with Crippen LogP contribution in [0.4, 0.5) is 5.69 Å². The molecule has 0 bridgehead atoms. The highest BCUT2D eigenvalue weighted by molar-refractivity contribution is 6.01. The number of hydrogen-bond donors (Lipinski definition) is 1. The summed E-state index contributed by atoms with van der Waals surface area (Å²) in [6.45, 7) is 2.47. The molecule has 1 amide bonds. The first-order valence-electron chi connectivity index (χ1n) is 10.2. The molecule has 0 spiro atoms. The van der Waals surface area contributed by atoms with Crippen LogP contribution in [0.15, 0.2) is 76.7 Å². The number of carboxylic acid groups (broad SMARTS) is 1. The van der Waals surface area contributed by atoms with Crippen molar-refractivity contribution in [3.05, 3.63) is 83.6 Å². The van der Waals surface area contributed by atoms with E-state index < -0.39 is 5.97 Å². The molecule has 1 saturated heterocycles. The number of furan rings is 1. The molecular formula is C25H21N3O4. The maximum Gasteiger partial charge on any atom is 0.335 e. The maximum absolute atomic E-state index is 12.9. The van der Waals surface area contributed by atoms with Gasteiger partial charge < -0.3 is 19.3 Å². The third-order valence-electron chi connectivity index (χ3n) is 5.37. The fraction of sp³-hybridized carbons (Fsp3) is 0.160. The number of amides is 1. The molecule has 2 heterocycles. The number of carbonyl (C=O) groups is 2. The molecule has 1 aliphatic heterocycles. The van der Waals surface area contributed by atoms with Crippen molar-refractivity contribution in [2.45, 2.75) is 0 Å². The van der Waals surface area contributed by atoms with E-state index in [0.29, 0.717) is 43.3 Å². The lowest BCUT2D eigenvalue weighted by Gasteiger charge is -2.36. The minimum atomic E-state index is -0.999. The predicted molar refractivity (Wildman–Crippen MR) is 120 cm³/mol. The van der Waals surface area contributed by atoms with Crippen LogP contribution in [0.2, 0.25) is 0 Å². The summed E-state index contributed by atoms with van der Waals surface area (Å²) in [5.41, 5.74) is 2.03. The lowest BCUT2D eigenvalue weighted by Crippen LogP contribution is -2.49. The third-order valence-corrected chi connectivity index (χ3v) is 5.37. The van der Waals surface area contributed by atoms with Gasteiger partial charge in [-0.25, -0.2) is 4.79 Å². The van der Waals surface area contributed by atoms with Crippen LogP contribution in [0, 0.1) is 11.3 Å². The Kier molecular flexibility index (Phi) is 6.04. The molecule has 7 nitrogen and oxygen atoms in total. The highest BCUT2D eigenvalue weighted by atomic mass is 16.4. The van der Waals surface area contributed by atoms with Crippen LogP contribution in [0.1, 0.15) is 16.1 Å². The molecule has 0 saturated carbocycles. The second-order valence-electron chi connectivity index (χ2n) is 7.37. The lowest BCUT2D eigenvalue weighted by molar-refractivity contribution is -0.126. The van der Waals surface area contributed by atoms with E-state index in [-0.39, 0.29) is 17.0 Å². The SMILES string of the molecule is N#C/C(=C/c1ccc(-c2ccc(C(=O)O)cc2)o1)C(=O)N1CCN(c2ccccc2)CC1. The maximum atomic E-state index is 12.9. The van der Waals surface area contributed by atoms with Crippen LogP contribution < -0.4 is 4.90 Å². The number of aromatic carboxylic acids is 1. The van der Waals surface area contributed by atoms with E-state index in [1.54, 1.807) is 29.2 Å². The van der Waals surface area contributed by atoms with E-state index in [1.165, 1.54) is 18.2 Å². The van der Waals surface area contributed by atoms with Crippen LogP contribution in [0.5, 0.6) is 0 Å². The number of nitrogens with zero attached hydrogens (tertiary/aromatic N) is 3. The molecule has 0 radical (unpaired) electrons. The van der Waals surface area contributed by atoms with Crippen LogP contribution in [0.3, 0.4) is 0 Å². The molecule has 0 aliphatic carbocycles. The van der Waals surface area contributed by atoms with E-state index in [0.717, 1.165) is 5.69 Å². The zero-order valence-corrected chi connectivity index (χ0v) is 17.3. The summed E-state index contributed by atoms with van der Waals surface area (Å²) in [6, 6.07) is 21.7. The number of piperazine rings is 1. The van der Waals surface area contributed by atoms with Gasteiger partial charge in [-0.3, -0.25) is 4.79 Å². The number of rotatable bonds is 5. The number of para-hydroxylation sites is 1. The van der Waals surface area contributed by atoms with E-state index in [9.17, 15) is 14.9 Å². The summed E-state index contributed by atoms with van der Waals surface area (Å²) in [4.78, 5) is 27.8. The fourth-order valence-corrected chi connectivity index (χ4v) is 3.62. The van der Waals surface area contributed by atoms with Crippen molar-refractivity contribution in [2.24, 2.45) is 0 Å². The standard InChI is InChI=1S/C25H21N3O4/c26-17-20(24(29)28-14-12-27(13-15-28)21-4-2-1-3-5-21)16-22-10-11-23(32-22)18-6-8-19(9-7-18)25(30)31/h1-11,16H,12-15H2,(H,30,31)/b20-16-. The first kappa shape index (κ1) is 20.9. The largest absolute Gasteiger partial charge is 0.478 e. The molecule has 4 rings (SSSR count). The number of nitriles is 1. The second-order valence-corrected chi connectivity index (χ2v) is 7.37. The summed E-state index contributed by atoms with van der Waals surface area (Å²) in [7, 11) is 0. The van der Waals surface area contributed by atoms with Gasteiger partial charge in [0.2, 0.25) is 0 Å².